The number of thiophene rings is 1. The number of anilines is 1. The number of hydrogen-bond acceptors (Lipinski definition) is 10. The fraction of sp³-hybridized carbons (Fsp3) is 0.531. The van der Waals surface area contributed by atoms with Gasteiger partial charge in [0.25, 0.3) is 0 Å². The number of nitrogens with one attached hydrogen (secondary N) is 1. The van der Waals surface area contributed by atoms with E-state index in [0.29, 0.717) is 56.3 Å². The molecule has 1 aliphatic rings. The Bertz CT molecular complexity index is 1660. The van der Waals surface area contributed by atoms with Crippen LogP contribution in [-0.2, 0) is 24.5 Å². The molecule has 4 N–H and O–H groups in total. The molecule has 15 heteroatoms. The topological polar surface area (TPSA) is 154 Å². The summed E-state index contributed by atoms with van der Waals surface area (Å²) in [7, 11) is -6.48. The highest BCUT2D eigenvalue weighted by molar-refractivity contribution is 7.84. The van der Waals surface area contributed by atoms with E-state index in [1.807, 2.05) is 0 Å². The first-order valence-corrected chi connectivity index (χ1v) is 20.8. The van der Waals surface area contributed by atoms with Crippen molar-refractivity contribution in [1.29, 1.82) is 0 Å². The van der Waals surface area contributed by atoms with Crippen molar-refractivity contribution in [3.05, 3.63) is 73.8 Å². The average Bonchev–Trinajstić information content (AvgIpc) is 3.56. The molecule has 258 valence electrons. The van der Waals surface area contributed by atoms with Crippen molar-refractivity contribution in [2.75, 3.05) is 11.9 Å². The normalized spacial score (nSPS) is 20.3. The number of carbonyl (C=O) groups excluding carboxylic acids is 1. The number of nitrogens with zero attached hydrogens (tertiary/aromatic N) is 2. The van der Waals surface area contributed by atoms with Crippen LogP contribution in [-0.4, -0.2) is 56.3 Å². The van der Waals surface area contributed by atoms with Gasteiger partial charge in [-0.3, -0.25) is 8.98 Å². The van der Waals surface area contributed by atoms with Crippen LogP contribution >= 0.6 is 34.5 Å². The predicted molar refractivity (Wildman–Crippen MR) is 190 cm³/mol. The molecule has 0 aliphatic heterocycles. The van der Waals surface area contributed by atoms with E-state index in [4.69, 9.17) is 36.9 Å². The van der Waals surface area contributed by atoms with E-state index in [1.165, 1.54) is 12.5 Å². The maximum atomic E-state index is 13.9. The Hall–Kier alpha value is -1.94. The maximum Gasteiger partial charge on any atom is 0.333 e. The van der Waals surface area contributed by atoms with Crippen molar-refractivity contribution in [3.63, 3.8) is 0 Å². The fourth-order valence-electron chi connectivity index (χ4n) is 7.07. The van der Waals surface area contributed by atoms with Crippen LogP contribution in [0.4, 0.5) is 5.82 Å². The molecular weight excluding hydrogens is 700 g/mol. The van der Waals surface area contributed by atoms with E-state index < -0.39 is 24.2 Å². The molecule has 10 nitrogen and oxygen atoms in total. The van der Waals surface area contributed by atoms with Gasteiger partial charge in [0, 0.05) is 28.7 Å². The van der Waals surface area contributed by atoms with E-state index in [-0.39, 0.29) is 40.4 Å². The summed E-state index contributed by atoms with van der Waals surface area (Å²) in [6.07, 6.45) is 3.57. The van der Waals surface area contributed by atoms with Crippen LogP contribution in [0.15, 0.2) is 42.9 Å². The SMILES string of the molecule is CC(C)[Si](O[C@H]1C[C@H](Nc2ncncc2C(=O)c2cc([C@](C)(O)c3cccc(Cl)c3)c(Cl)s2)C[C@@H]1COS(N)(=O)=O)(C(C)C)C(C)C. The highest BCUT2D eigenvalue weighted by Gasteiger charge is 2.49. The number of benzene rings is 1. The third-order valence-corrected chi connectivity index (χ3v) is 17.4. The van der Waals surface area contributed by atoms with E-state index in [1.54, 1.807) is 37.3 Å². The predicted octanol–water partition coefficient (Wildman–Crippen LogP) is 7.30. The lowest BCUT2D eigenvalue weighted by atomic mass is 9.89. The molecule has 1 aliphatic carbocycles. The van der Waals surface area contributed by atoms with Crippen LogP contribution in [0.1, 0.15) is 87.7 Å². The van der Waals surface area contributed by atoms with Crippen molar-refractivity contribution in [2.45, 2.75) is 95.7 Å². The first kappa shape index (κ1) is 37.9. The number of carbonyl (C=O) groups is 1. The van der Waals surface area contributed by atoms with Crippen molar-refractivity contribution >= 4 is 64.8 Å². The molecule has 0 bridgehead atoms. The van der Waals surface area contributed by atoms with Crippen LogP contribution in [0.25, 0.3) is 0 Å². The van der Waals surface area contributed by atoms with Gasteiger partial charge >= 0.3 is 10.3 Å². The van der Waals surface area contributed by atoms with Gasteiger partial charge in [-0.1, -0.05) is 76.9 Å². The van der Waals surface area contributed by atoms with Gasteiger partial charge in [-0.15, -0.1) is 11.3 Å². The lowest BCUT2D eigenvalue weighted by Gasteiger charge is -2.45. The molecule has 1 fully saturated rings. The van der Waals surface area contributed by atoms with Gasteiger partial charge < -0.3 is 14.8 Å². The van der Waals surface area contributed by atoms with E-state index >= 15 is 0 Å². The van der Waals surface area contributed by atoms with Gasteiger partial charge in [0.05, 0.1) is 27.5 Å². The van der Waals surface area contributed by atoms with Crippen molar-refractivity contribution in [3.8, 4) is 0 Å². The zero-order valence-electron chi connectivity index (χ0n) is 27.7. The Balaban J connectivity index is 1.61. The summed E-state index contributed by atoms with van der Waals surface area (Å²) in [6.45, 7) is 14.7. The van der Waals surface area contributed by atoms with Gasteiger partial charge in [0.1, 0.15) is 17.7 Å². The lowest BCUT2D eigenvalue weighted by Crippen LogP contribution is -2.51. The zero-order valence-corrected chi connectivity index (χ0v) is 31.8. The van der Waals surface area contributed by atoms with Gasteiger partial charge in [0.2, 0.25) is 14.1 Å². The van der Waals surface area contributed by atoms with E-state index in [9.17, 15) is 18.3 Å². The number of aliphatic hydroxyl groups is 1. The molecule has 2 heterocycles. The number of rotatable bonds is 14. The number of aromatic nitrogens is 2. The van der Waals surface area contributed by atoms with Gasteiger partial charge in [-0.25, -0.2) is 15.1 Å². The summed E-state index contributed by atoms with van der Waals surface area (Å²) in [5.41, 5.74) is 0.609. The molecule has 0 radical (unpaired) electrons. The van der Waals surface area contributed by atoms with Crippen LogP contribution in [0.3, 0.4) is 0 Å². The van der Waals surface area contributed by atoms with E-state index in [0.717, 1.165) is 11.3 Å². The highest BCUT2D eigenvalue weighted by atomic mass is 35.5. The minimum absolute atomic E-state index is 0.112. The summed E-state index contributed by atoms with van der Waals surface area (Å²) < 4.78 is 35.9. The molecule has 47 heavy (non-hydrogen) atoms. The zero-order chi connectivity index (χ0) is 34.9. The third kappa shape index (κ3) is 8.45. The Labute approximate surface area is 292 Å². The second kappa shape index (κ2) is 14.9. The van der Waals surface area contributed by atoms with Gasteiger partial charge in [-0.2, -0.15) is 8.42 Å². The number of ketones is 1. The highest BCUT2D eigenvalue weighted by Crippen LogP contribution is 2.46. The molecule has 0 spiro atoms. The van der Waals surface area contributed by atoms with Crippen molar-refractivity contribution in [2.24, 2.45) is 11.1 Å². The molecular formula is C32H44Cl2N4O6S2Si. The largest absolute Gasteiger partial charge is 0.413 e. The lowest BCUT2D eigenvalue weighted by molar-refractivity contribution is 0.102. The standard InChI is InChI=1S/C32H44Cl2N4O6S2Si/c1-18(2)47(19(3)4,20(5)6)44-27-13-24(11-21(27)16-43-46(35,41)42)38-31-25(15-36-17-37-31)29(39)28-14-26(30(34)45-28)32(7,40)22-9-8-10-23(33)12-22/h8-10,12,14-15,17-21,24,27,40H,11,13,16H2,1-7H3,(H2,35,41,42)(H,36,37,38)/t21-,24-,27+,32-/m1/s1. The molecule has 2 aromatic heterocycles. The maximum absolute atomic E-state index is 13.9. The summed E-state index contributed by atoms with van der Waals surface area (Å²) >= 11 is 13.8. The number of nitrogens with two attached hydrogens (primary N) is 1. The minimum atomic E-state index is -4.15. The fourth-order valence-corrected chi connectivity index (χ4v) is 14.7. The molecule has 4 rings (SSSR count). The van der Waals surface area contributed by atoms with Crippen LogP contribution in [0, 0.1) is 5.92 Å². The molecule has 1 saturated carbocycles. The number of halogens is 2. The first-order valence-electron chi connectivity index (χ1n) is 15.6. The van der Waals surface area contributed by atoms with Gasteiger partial charge in [0.15, 0.2) is 0 Å². The summed E-state index contributed by atoms with van der Waals surface area (Å²) in [6, 6.07) is 8.21. The third-order valence-electron chi connectivity index (χ3n) is 9.26. The quantitative estimate of drug-likeness (QED) is 0.114. The smallest absolute Gasteiger partial charge is 0.333 e. The summed E-state index contributed by atoms with van der Waals surface area (Å²) in [4.78, 5) is 22.7. The molecule has 3 aromatic rings. The Morgan fingerprint density at radius 2 is 1.81 bits per heavy atom. The number of hydrogen-bond donors (Lipinski definition) is 3. The second-order valence-corrected chi connectivity index (χ2v) is 22.0. The van der Waals surface area contributed by atoms with Crippen LogP contribution in [0.5, 0.6) is 0 Å². The van der Waals surface area contributed by atoms with Crippen molar-refractivity contribution in [1.82, 2.24) is 9.97 Å². The molecule has 0 unspecified atom stereocenters. The van der Waals surface area contributed by atoms with Crippen molar-refractivity contribution < 1.29 is 26.9 Å². The molecule has 0 amide bonds. The first-order chi connectivity index (χ1) is 21.9. The molecule has 4 atom stereocenters. The molecule has 0 saturated heterocycles. The van der Waals surface area contributed by atoms with Gasteiger partial charge in [-0.05, 0) is 60.2 Å². The van der Waals surface area contributed by atoms with Crippen LogP contribution in [0.2, 0.25) is 26.0 Å². The van der Waals surface area contributed by atoms with E-state index in [2.05, 4.69) is 56.8 Å². The Morgan fingerprint density at radius 1 is 1.15 bits per heavy atom. The second-order valence-electron chi connectivity index (χ2n) is 13.3. The van der Waals surface area contributed by atoms with Crippen LogP contribution < -0.4 is 10.5 Å². The summed E-state index contributed by atoms with van der Waals surface area (Å²) in [5, 5.41) is 20.5. The Kier molecular flexibility index (Phi) is 12.0. The Morgan fingerprint density at radius 3 is 2.40 bits per heavy atom. The summed E-state index contributed by atoms with van der Waals surface area (Å²) in [5.74, 6) is -0.296. The molecule has 1 aromatic carbocycles. The average molecular weight is 744 g/mol. The monoisotopic (exact) mass is 742 g/mol. The minimum Gasteiger partial charge on any atom is -0.413 e.